The lowest BCUT2D eigenvalue weighted by atomic mass is 10.1. The molecule has 1 aromatic heterocycles. The molecule has 1 saturated heterocycles. The molecule has 0 atom stereocenters. The van der Waals surface area contributed by atoms with Crippen LogP contribution in [0.1, 0.15) is 31.4 Å². The minimum absolute atomic E-state index is 0.820. The lowest BCUT2D eigenvalue weighted by molar-refractivity contribution is 0.0931. The first-order chi connectivity index (χ1) is 9.33. The second-order valence-electron chi connectivity index (χ2n) is 5.79. The maximum atomic E-state index is 5.96. The van der Waals surface area contributed by atoms with Crippen LogP contribution in [0.15, 0.2) is 18.3 Å². The van der Waals surface area contributed by atoms with Crippen molar-refractivity contribution in [1.82, 2.24) is 14.8 Å². The van der Waals surface area contributed by atoms with Crippen LogP contribution in [0.3, 0.4) is 0 Å². The van der Waals surface area contributed by atoms with Crippen LogP contribution in [-0.2, 0) is 6.54 Å². The molecule has 1 aliphatic heterocycles. The minimum atomic E-state index is 0.820. The Balaban J connectivity index is 1.51. The zero-order valence-electron chi connectivity index (χ0n) is 11.6. The smallest absolute Gasteiger partial charge is 0.0772 e. The third kappa shape index (κ3) is 3.07. The molecule has 2 N–H and O–H groups in total. The predicted octanol–water partition coefficient (Wildman–Crippen LogP) is 1.72. The first-order valence-electron chi connectivity index (χ1n) is 7.49. The lowest BCUT2D eigenvalue weighted by Gasteiger charge is -2.38. The maximum Gasteiger partial charge on any atom is 0.0772 e. The van der Waals surface area contributed by atoms with Crippen molar-refractivity contribution in [2.24, 2.45) is 0 Å². The number of hydrogen-bond donors (Lipinski definition) is 1. The van der Waals surface area contributed by atoms with Crippen LogP contribution in [0, 0.1) is 0 Å². The summed E-state index contributed by atoms with van der Waals surface area (Å²) in [7, 11) is 0. The Kier molecular flexibility index (Phi) is 3.99. The molecule has 0 spiro atoms. The van der Waals surface area contributed by atoms with Crippen molar-refractivity contribution >= 4 is 5.69 Å². The highest BCUT2D eigenvalue weighted by Gasteiger charge is 2.26. The van der Waals surface area contributed by atoms with E-state index >= 15 is 0 Å². The van der Waals surface area contributed by atoms with Gasteiger partial charge in [0.1, 0.15) is 0 Å². The van der Waals surface area contributed by atoms with Crippen LogP contribution < -0.4 is 5.73 Å². The fourth-order valence-electron chi connectivity index (χ4n) is 3.35. The number of nitrogen functional groups attached to an aromatic ring is 1. The van der Waals surface area contributed by atoms with E-state index in [-0.39, 0.29) is 0 Å². The van der Waals surface area contributed by atoms with Gasteiger partial charge in [0.15, 0.2) is 0 Å². The Morgan fingerprint density at radius 2 is 1.89 bits per heavy atom. The molecule has 0 aromatic carbocycles. The zero-order chi connectivity index (χ0) is 13.1. The number of rotatable bonds is 3. The molecular formula is C15H24N4. The third-order valence-corrected chi connectivity index (χ3v) is 4.55. The highest BCUT2D eigenvalue weighted by Crippen LogP contribution is 2.24. The number of anilines is 1. The van der Waals surface area contributed by atoms with Gasteiger partial charge in [0.2, 0.25) is 0 Å². The molecule has 1 aromatic rings. The zero-order valence-corrected chi connectivity index (χ0v) is 11.6. The van der Waals surface area contributed by atoms with Crippen molar-refractivity contribution < 1.29 is 0 Å². The van der Waals surface area contributed by atoms with Crippen LogP contribution >= 0.6 is 0 Å². The molecular weight excluding hydrogens is 236 g/mol. The number of hydrogen-bond acceptors (Lipinski definition) is 4. The van der Waals surface area contributed by atoms with Gasteiger partial charge in [0.05, 0.1) is 11.4 Å². The summed E-state index contributed by atoms with van der Waals surface area (Å²) >= 11 is 0. The molecule has 0 unspecified atom stereocenters. The van der Waals surface area contributed by atoms with E-state index in [0.717, 1.165) is 37.1 Å². The number of nitrogens with zero attached hydrogens (tertiary/aromatic N) is 3. The Hall–Kier alpha value is -1.13. The lowest BCUT2D eigenvalue weighted by Crippen LogP contribution is -2.49. The Bertz CT molecular complexity index is 406. The van der Waals surface area contributed by atoms with Gasteiger partial charge in [0, 0.05) is 45.0 Å². The van der Waals surface area contributed by atoms with Crippen LogP contribution in [0.2, 0.25) is 0 Å². The Labute approximate surface area is 115 Å². The first kappa shape index (κ1) is 12.9. The Morgan fingerprint density at radius 1 is 1.16 bits per heavy atom. The van der Waals surface area contributed by atoms with Gasteiger partial charge < -0.3 is 5.73 Å². The number of piperazine rings is 1. The molecule has 1 saturated carbocycles. The average Bonchev–Trinajstić information content (AvgIpc) is 2.96. The second kappa shape index (κ2) is 5.88. The monoisotopic (exact) mass is 260 g/mol. The van der Waals surface area contributed by atoms with Gasteiger partial charge >= 0.3 is 0 Å². The van der Waals surface area contributed by atoms with Crippen molar-refractivity contribution in [2.75, 3.05) is 31.9 Å². The third-order valence-electron chi connectivity index (χ3n) is 4.55. The van der Waals surface area contributed by atoms with Crippen molar-refractivity contribution in [1.29, 1.82) is 0 Å². The van der Waals surface area contributed by atoms with Crippen LogP contribution in [0.25, 0.3) is 0 Å². The van der Waals surface area contributed by atoms with E-state index in [1.54, 1.807) is 0 Å². The van der Waals surface area contributed by atoms with Gasteiger partial charge in [0.25, 0.3) is 0 Å². The molecule has 4 nitrogen and oxygen atoms in total. The summed E-state index contributed by atoms with van der Waals surface area (Å²) in [4.78, 5) is 9.55. The quantitative estimate of drug-likeness (QED) is 0.899. The molecule has 4 heteroatoms. The van der Waals surface area contributed by atoms with Crippen LogP contribution in [-0.4, -0.2) is 47.0 Å². The minimum Gasteiger partial charge on any atom is -0.397 e. The molecule has 1 aliphatic carbocycles. The molecule has 0 amide bonds. The fourth-order valence-corrected chi connectivity index (χ4v) is 3.35. The van der Waals surface area contributed by atoms with Gasteiger partial charge in [-0.3, -0.25) is 14.8 Å². The summed E-state index contributed by atoms with van der Waals surface area (Å²) in [5.41, 5.74) is 7.81. The first-order valence-corrected chi connectivity index (χ1v) is 7.49. The summed E-state index contributed by atoms with van der Waals surface area (Å²) in [5.74, 6) is 0. The average molecular weight is 260 g/mol. The molecule has 0 radical (unpaired) electrons. The number of pyridine rings is 1. The highest BCUT2D eigenvalue weighted by molar-refractivity contribution is 5.41. The largest absolute Gasteiger partial charge is 0.397 e. The van der Waals surface area contributed by atoms with Gasteiger partial charge in [-0.15, -0.1) is 0 Å². The summed E-state index contributed by atoms with van der Waals surface area (Å²) in [5, 5.41) is 0. The van der Waals surface area contributed by atoms with Crippen molar-refractivity contribution in [2.45, 2.75) is 38.3 Å². The molecule has 104 valence electrons. The van der Waals surface area contributed by atoms with E-state index in [1.807, 2.05) is 18.3 Å². The second-order valence-corrected chi connectivity index (χ2v) is 5.79. The maximum absolute atomic E-state index is 5.96. The SMILES string of the molecule is Nc1cccnc1CN1CCN(C2CCCC2)CC1. The van der Waals surface area contributed by atoms with Gasteiger partial charge in [-0.25, -0.2) is 0 Å². The number of nitrogens with two attached hydrogens (primary N) is 1. The van der Waals surface area contributed by atoms with E-state index in [0.29, 0.717) is 0 Å². The van der Waals surface area contributed by atoms with Crippen molar-refractivity contribution in [3.8, 4) is 0 Å². The van der Waals surface area contributed by atoms with Gasteiger partial charge in [-0.1, -0.05) is 12.8 Å². The molecule has 3 rings (SSSR count). The van der Waals surface area contributed by atoms with Crippen LogP contribution in [0.5, 0.6) is 0 Å². The Morgan fingerprint density at radius 3 is 2.58 bits per heavy atom. The summed E-state index contributed by atoms with van der Waals surface area (Å²) in [6, 6.07) is 4.70. The van der Waals surface area contributed by atoms with Crippen molar-refractivity contribution in [3.63, 3.8) is 0 Å². The molecule has 2 heterocycles. The number of aromatic nitrogens is 1. The van der Waals surface area contributed by atoms with Crippen molar-refractivity contribution in [3.05, 3.63) is 24.0 Å². The standard InChI is InChI=1S/C15H24N4/c16-14-6-3-7-17-15(14)12-18-8-10-19(11-9-18)13-4-1-2-5-13/h3,6-7,13H,1-2,4-5,8-12,16H2. The summed E-state index contributed by atoms with van der Waals surface area (Å²) in [6.07, 6.45) is 7.51. The highest BCUT2D eigenvalue weighted by atomic mass is 15.3. The summed E-state index contributed by atoms with van der Waals surface area (Å²) < 4.78 is 0. The summed E-state index contributed by atoms with van der Waals surface area (Å²) in [6.45, 7) is 5.60. The molecule has 0 bridgehead atoms. The van der Waals surface area contributed by atoms with E-state index in [1.165, 1.54) is 38.8 Å². The molecule has 2 fully saturated rings. The topological polar surface area (TPSA) is 45.4 Å². The van der Waals surface area contributed by atoms with Crippen LogP contribution in [0.4, 0.5) is 5.69 Å². The van der Waals surface area contributed by atoms with Gasteiger partial charge in [-0.05, 0) is 25.0 Å². The van der Waals surface area contributed by atoms with E-state index in [9.17, 15) is 0 Å². The molecule has 19 heavy (non-hydrogen) atoms. The predicted molar refractivity (Wildman–Crippen MR) is 77.8 cm³/mol. The van der Waals surface area contributed by atoms with E-state index < -0.39 is 0 Å². The normalized spacial score (nSPS) is 22.9. The fraction of sp³-hybridized carbons (Fsp3) is 0.667. The van der Waals surface area contributed by atoms with Gasteiger partial charge in [-0.2, -0.15) is 0 Å². The van der Waals surface area contributed by atoms with E-state index in [4.69, 9.17) is 5.73 Å². The molecule has 2 aliphatic rings. The van der Waals surface area contributed by atoms with E-state index in [2.05, 4.69) is 14.8 Å².